The number of hydrogen-bond acceptors (Lipinski definition) is 8. The number of rotatable bonds is 6. The van der Waals surface area contributed by atoms with E-state index in [4.69, 9.17) is 18.9 Å². The van der Waals surface area contributed by atoms with Crippen LogP contribution in [0.1, 0.15) is 23.9 Å². The van der Waals surface area contributed by atoms with Gasteiger partial charge in [-0.05, 0) is 31.2 Å². The predicted molar refractivity (Wildman–Crippen MR) is 106 cm³/mol. The van der Waals surface area contributed by atoms with Crippen LogP contribution in [0, 0.1) is 0 Å². The van der Waals surface area contributed by atoms with Crippen molar-refractivity contribution in [2.45, 2.75) is 19.6 Å². The first-order valence-corrected chi connectivity index (χ1v) is 10.1. The Kier molecular flexibility index (Phi) is 4.65. The second-order valence-corrected chi connectivity index (χ2v) is 7.32. The third-order valence-electron chi connectivity index (χ3n) is 4.35. The standard InChI is InChI=1S/C20H18N4O4S/c1-2-25-13-7-3-4-8-14(13)27-12-18-23-24-19(21-22-20(24)29-18)17-11-26-15-9-5-6-10-16(15)28-17/h3-10,17H,2,11-12H2,1H3. The third kappa shape index (κ3) is 3.44. The molecule has 8 nitrogen and oxygen atoms in total. The van der Waals surface area contributed by atoms with Crippen LogP contribution >= 0.6 is 11.3 Å². The second kappa shape index (κ2) is 7.59. The molecule has 0 bridgehead atoms. The predicted octanol–water partition coefficient (Wildman–Crippen LogP) is 3.68. The second-order valence-electron chi connectivity index (χ2n) is 6.28. The number of aromatic nitrogens is 4. The summed E-state index contributed by atoms with van der Waals surface area (Å²) in [5.41, 5.74) is 0. The van der Waals surface area contributed by atoms with E-state index >= 15 is 0 Å². The van der Waals surface area contributed by atoms with Crippen molar-refractivity contribution in [3.8, 4) is 23.0 Å². The fourth-order valence-electron chi connectivity index (χ4n) is 3.06. The lowest BCUT2D eigenvalue weighted by Crippen LogP contribution is -2.23. The highest BCUT2D eigenvalue weighted by molar-refractivity contribution is 7.16. The van der Waals surface area contributed by atoms with Crippen LogP contribution in [-0.2, 0) is 6.61 Å². The highest BCUT2D eigenvalue weighted by Gasteiger charge is 2.28. The molecule has 0 spiro atoms. The molecule has 1 aliphatic heterocycles. The molecule has 0 aliphatic carbocycles. The van der Waals surface area contributed by atoms with E-state index in [0.29, 0.717) is 47.9 Å². The van der Waals surface area contributed by atoms with Crippen LogP contribution in [0.15, 0.2) is 48.5 Å². The maximum atomic E-state index is 6.03. The molecule has 0 N–H and O–H groups in total. The van der Waals surface area contributed by atoms with Gasteiger partial charge in [-0.3, -0.25) is 0 Å². The summed E-state index contributed by atoms with van der Waals surface area (Å²) in [5.74, 6) is 3.41. The Balaban J connectivity index is 1.34. The lowest BCUT2D eigenvalue weighted by Gasteiger charge is -2.24. The van der Waals surface area contributed by atoms with Crippen LogP contribution in [-0.4, -0.2) is 33.0 Å². The zero-order chi connectivity index (χ0) is 19.6. The zero-order valence-electron chi connectivity index (χ0n) is 15.6. The van der Waals surface area contributed by atoms with Gasteiger partial charge in [-0.1, -0.05) is 35.6 Å². The highest BCUT2D eigenvalue weighted by atomic mass is 32.1. The number of hydrogen-bond donors (Lipinski definition) is 0. The molecular formula is C20H18N4O4S. The minimum Gasteiger partial charge on any atom is -0.490 e. The van der Waals surface area contributed by atoms with Gasteiger partial charge in [0.1, 0.15) is 13.2 Å². The molecule has 1 aliphatic rings. The fraction of sp³-hybridized carbons (Fsp3) is 0.250. The van der Waals surface area contributed by atoms with Gasteiger partial charge in [0, 0.05) is 0 Å². The molecule has 5 rings (SSSR count). The topological polar surface area (TPSA) is 80.0 Å². The van der Waals surface area contributed by atoms with Gasteiger partial charge in [-0.2, -0.15) is 9.61 Å². The molecule has 2 aromatic heterocycles. The van der Waals surface area contributed by atoms with E-state index in [1.807, 2.05) is 55.5 Å². The largest absolute Gasteiger partial charge is 0.490 e. The van der Waals surface area contributed by atoms with E-state index in [-0.39, 0.29) is 6.10 Å². The first-order valence-electron chi connectivity index (χ1n) is 9.26. The molecule has 0 saturated heterocycles. The van der Waals surface area contributed by atoms with Gasteiger partial charge in [0.15, 0.2) is 39.9 Å². The maximum Gasteiger partial charge on any atom is 0.234 e. The van der Waals surface area contributed by atoms with E-state index < -0.39 is 0 Å². The Bertz CT molecular complexity index is 1140. The van der Waals surface area contributed by atoms with Crippen molar-refractivity contribution >= 4 is 16.3 Å². The molecule has 29 heavy (non-hydrogen) atoms. The maximum absolute atomic E-state index is 6.03. The number of benzene rings is 2. The number of para-hydroxylation sites is 4. The van der Waals surface area contributed by atoms with Gasteiger partial charge >= 0.3 is 0 Å². The minimum atomic E-state index is -0.380. The van der Waals surface area contributed by atoms with E-state index in [9.17, 15) is 0 Å². The van der Waals surface area contributed by atoms with Crippen LogP contribution < -0.4 is 18.9 Å². The quantitative estimate of drug-likeness (QED) is 0.480. The molecular weight excluding hydrogens is 392 g/mol. The molecule has 0 radical (unpaired) electrons. The molecule has 1 atom stereocenters. The SMILES string of the molecule is CCOc1ccccc1OCc1nn2c(C3COc4ccccc4O3)nnc2s1. The monoisotopic (exact) mass is 410 g/mol. The Labute approximate surface area is 170 Å². The van der Waals surface area contributed by atoms with Crippen molar-refractivity contribution < 1.29 is 18.9 Å². The summed E-state index contributed by atoms with van der Waals surface area (Å²) in [6.07, 6.45) is -0.380. The molecule has 4 aromatic rings. The van der Waals surface area contributed by atoms with E-state index in [1.165, 1.54) is 11.3 Å². The fourth-order valence-corrected chi connectivity index (χ4v) is 3.81. The van der Waals surface area contributed by atoms with Crippen molar-refractivity contribution in [3.05, 3.63) is 59.4 Å². The summed E-state index contributed by atoms with van der Waals surface area (Å²) < 4.78 is 25.0. The summed E-state index contributed by atoms with van der Waals surface area (Å²) in [6.45, 7) is 3.18. The summed E-state index contributed by atoms with van der Waals surface area (Å²) in [6, 6.07) is 15.1. The van der Waals surface area contributed by atoms with Crippen molar-refractivity contribution in [3.63, 3.8) is 0 Å². The van der Waals surface area contributed by atoms with Gasteiger partial charge in [0.2, 0.25) is 4.96 Å². The van der Waals surface area contributed by atoms with Crippen molar-refractivity contribution in [2.75, 3.05) is 13.2 Å². The molecule has 148 valence electrons. The van der Waals surface area contributed by atoms with E-state index in [0.717, 1.165) is 10.8 Å². The average Bonchev–Trinajstić information content (AvgIpc) is 3.33. The Hall–Kier alpha value is -3.33. The normalized spacial score (nSPS) is 15.4. The molecule has 3 heterocycles. The number of ether oxygens (including phenoxy) is 4. The summed E-state index contributed by atoms with van der Waals surface area (Å²) in [4.78, 5) is 0.680. The number of nitrogens with zero attached hydrogens (tertiary/aromatic N) is 4. The molecule has 0 saturated carbocycles. The molecule has 9 heteroatoms. The van der Waals surface area contributed by atoms with Crippen LogP contribution in [0.3, 0.4) is 0 Å². The Morgan fingerprint density at radius 1 is 1.03 bits per heavy atom. The summed E-state index contributed by atoms with van der Waals surface area (Å²) in [5, 5.41) is 13.9. The Morgan fingerprint density at radius 2 is 1.79 bits per heavy atom. The minimum absolute atomic E-state index is 0.308. The molecule has 1 unspecified atom stereocenters. The van der Waals surface area contributed by atoms with Crippen LogP contribution in [0.2, 0.25) is 0 Å². The zero-order valence-corrected chi connectivity index (χ0v) is 16.5. The highest BCUT2D eigenvalue weighted by Crippen LogP contribution is 2.35. The van der Waals surface area contributed by atoms with Gasteiger partial charge in [0.25, 0.3) is 0 Å². The summed E-state index contributed by atoms with van der Waals surface area (Å²) >= 11 is 1.42. The lowest BCUT2D eigenvalue weighted by molar-refractivity contribution is 0.0835. The van der Waals surface area contributed by atoms with Gasteiger partial charge in [-0.25, -0.2) is 0 Å². The van der Waals surface area contributed by atoms with Crippen molar-refractivity contribution in [2.24, 2.45) is 0 Å². The van der Waals surface area contributed by atoms with Crippen molar-refractivity contribution in [1.82, 2.24) is 19.8 Å². The third-order valence-corrected chi connectivity index (χ3v) is 5.23. The average molecular weight is 410 g/mol. The first kappa shape index (κ1) is 17.7. The van der Waals surface area contributed by atoms with Crippen LogP contribution in [0.5, 0.6) is 23.0 Å². The summed E-state index contributed by atoms with van der Waals surface area (Å²) in [7, 11) is 0. The molecule has 0 fully saturated rings. The van der Waals surface area contributed by atoms with Gasteiger partial charge in [-0.15, -0.1) is 10.2 Å². The van der Waals surface area contributed by atoms with Crippen LogP contribution in [0.25, 0.3) is 4.96 Å². The van der Waals surface area contributed by atoms with Gasteiger partial charge in [0.05, 0.1) is 6.61 Å². The van der Waals surface area contributed by atoms with Gasteiger partial charge < -0.3 is 18.9 Å². The molecule has 2 aromatic carbocycles. The van der Waals surface area contributed by atoms with E-state index in [2.05, 4.69) is 15.3 Å². The van der Waals surface area contributed by atoms with Crippen LogP contribution in [0.4, 0.5) is 0 Å². The Morgan fingerprint density at radius 3 is 2.62 bits per heavy atom. The van der Waals surface area contributed by atoms with Crippen molar-refractivity contribution in [1.29, 1.82) is 0 Å². The first-order chi connectivity index (χ1) is 14.3. The lowest BCUT2D eigenvalue weighted by atomic mass is 10.2. The molecule has 0 amide bonds. The number of fused-ring (bicyclic) bond motifs is 2. The van der Waals surface area contributed by atoms with E-state index in [1.54, 1.807) is 4.52 Å². The smallest absolute Gasteiger partial charge is 0.234 e.